The minimum atomic E-state index is -3.66. The van der Waals surface area contributed by atoms with Gasteiger partial charge in [0.25, 0.3) is 0 Å². The minimum absolute atomic E-state index is 0.183. The van der Waals surface area contributed by atoms with Crippen molar-refractivity contribution in [3.8, 4) is 11.5 Å². The van der Waals surface area contributed by atoms with Crippen LogP contribution in [0.1, 0.15) is 25.2 Å². The zero-order chi connectivity index (χ0) is 22.4. The summed E-state index contributed by atoms with van der Waals surface area (Å²) in [6.45, 7) is 3.69. The van der Waals surface area contributed by atoms with Crippen LogP contribution in [0.5, 0.6) is 11.5 Å². The van der Waals surface area contributed by atoms with Crippen molar-refractivity contribution in [2.45, 2.75) is 37.2 Å². The summed E-state index contributed by atoms with van der Waals surface area (Å²) < 4.78 is 42.9. The minimum Gasteiger partial charge on any atom is -0.497 e. The van der Waals surface area contributed by atoms with Gasteiger partial charge in [-0.3, -0.25) is 0 Å². The Morgan fingerprint density at radius 1 is 1.00 bits per heavy atom. The van der Waals surface area contributed by atoms with Gasteiger partial charge < -0.3 is 14.8 Å². The second kappa shape index (κ2) is 10.1. The van der Waals surface area contributed by atoms with Crippen LogP contribution in [0.3, 0.4) is 0 Å². The van der Waals surface area contributed by atoms with E-state index in [4.69, 9.17) is 9.47 Å². The molecule has 0 saturated heterocycles. The first-order chi connectivity index (χ1) is 14.8. The molecule has 31 heavy (non-hydrogen) atoms. The summed E-state index contributed by atoms with van der Waals surface area (Å²) in [4.78, 5) is 4.71. The van der Waals surface area contributed by atoms with E-state index in [2.05, 4.69) is 19.4 Å². The van der Waals surface area contributed by atoms with Gasteiger partial charge in [-0.15, -0.1) is 0 Å². The van der Waals surface area contributed by atoms with E-state index >= 15 is 0 Å². The zero-order valence-corrected chi connectivity index (χ0v) is 19.5. The Hall–Kier alpha value is -2.69. The summed E-state index contributed by atoms with van der Waals surface area (Å²) in [7, 11) is -0.488. The summed E-state index contributed by atoms with van der Waals surface area (Å²) in [5, 5.41) is 3.87. The van der Waals surface area contributed by atoms with Gasteiger partial charge in [0.2, 0.25) is 15.2 Å². The van der Waals surface area contributed by atoms with Crippen molar-refractivity contribution < 1.29 is 17.9 Å². The molecule has 0 amide bonds. The molecule has 0 aliphatic rings. The molecule has 0 fully saturated rings. The molecule has 0 saturated carbocycles. The standard InChI is InChI=1S/C21H26N4O4S2/c1-14(15(2)25-31(26,27)18-11-9-17(28-3)10-12-18)22-21-23-20(24-30-21)13-16-7-5-6-8-19(16)29-4/h5-12,14-15,25H,13H2,1-4H3,(H,22,23,24). The number of aromatic nitrogens is 2. The maximum Gasteiger partial charge on any atom is 0.240 e. The number of anilines is 1. The van der Waals surface area contributed by atoms with Crippen molar-refractivity contribution in [2.24, 2.45) is 0 Å². The van der Waals surface area contributed by atoms with E-state index < -0.39 is 10.0 Å². The predicted octanol–water partition coefficient (Wildman–Crippen LogP) is 3.31. The maximum absolute atomic E-state index is 12.6. The lowest BCUT2D eigenvalue weighted by Crippen LogP contribution is -2.43. The third kappa shape index (κ3) is 5.93. The quantitative estimate of drug-likeness (QED) is 0.476. The fraction of sp³-hybridized carbons (Fsp3) is 0.333. The van der Waals surface area contributed by atoms with Crippen molar-refractivity contribution in [3.05, 3.63) is 59.9 Å². The van der Waals surface area contributed by atoms with E-state index in [-0.39, 0.29) is 17.0 Å². The number of nitrogens with zero attached hydrogens (tertiary/aromatic N) is 2. The third-order valence-electron chi connectivity index (χ3n) is 4.82. The van der Waals surface area contributed by atoms with Crippen LogP contribution in [0.15, 0.2) is 53.4 Å². The molecule has 2 N–H and O–H groups in total. The first-order valence-corrected chi connectivity index (χ1v) is 12.0. The summed E-state index contributed by atoms with van der Waals surface area (Å²) in [6.07, 6.45) is 0.552. The van der Waals surface area contributed by atoms with Crippen LogP contribution in [0.4, 0.5) is 5.13 Å². The molecule has 0 aliphatic carbocycles. The first-order valence-electron chi connectivity index (χ1n) is 9.70. The SMILES string of the molecule is COc1ccc(S(=O)(=O)NC(C)C(C)Nc2nc(Cc3ccccc3OC)ns2)cc1. The summed E-state index contributed by atoms with van der Waals surface area (Å²) >= 11 is 1.24. The van der Waals surface area contributed by atoms with Crippen LogP contribution >= 0.6 is 11.5 Å². The highest BCUT2D eigenvalue weighted by molar-refractivity contribution is 7.89. The van der Waals surface area contributed by atoms with Crippen molar-refractivity contribution in [2.75, 3.05) is 19.5 Å². The Morgan fingerprint density at radius 3 is 2.39 bits per heavy atom. The van der Waals surface area contributed by atoms with Crippen LogP contribution in [-0.4, -0.2) is 44.1 Å². The van der Waals surface area contributed by atoms with E-state index in [9.17, 15) is 8.42 Å². The van der Waals surface area contributed by atoms with E-state index in [0.29, 0.717) is 23.1 Å². The molecule has 2 aromatic carbocycles. The number of hydrogen-bond donors (Lipinski definition) is 2. The van der Waals surface area contributed by atoms with Gasteiger partial charge >= 0.3 is 0 Å². The predicted molar refractivity (Wildman–Crippen MR) is 122 cm³/mol. The number of methoxy groups -OCH3 is 2. The van der Waals surface area contributed by atoms with Gasteiger partial charge in [-0.05, 0) is 44.2 Å². The Labute approximate surface area is 186 Å². The van der Waals surface area contributed by atoms with Crippen LogP contribution in [0.2, 0.25) is 0 Å². The monoisotopic (exact) mass is 462 g/mol. The normalized spacial score (nSPS) is 13.4. The lowest BCUT2D eigenvalue weighted by atomic mass is 10.1. The molecule has 2 atom stereocenters. The fourth-order valence-corrected chi connectivity index (χ4v) is 4.90. The summed E-state index contributed by atoms with van der Waals surface area (Å²) in [5.41, 5.74) is 1.00. The van der Waals surface area contributed by atoms with Gasteiger partial charge in [0, 0.05) is 35.6 Å². The maximum atomic E-state index is 12.6. The second-order valence-electron chi connectivity index (χ2n) is 7.02. The number of nitrogens with one attached hydrogen (secondary N) is 2. The highest BCUT2D eigenvalue weighted by atomic mass is 32.2. The van der Waals surface area contributed by atoms with Gasteiger partial charge in [-0.2, -0.15) is 4.37 Å². The molecule has 0 aliphatic heterocycles. The van der Waals surface area contributed by atoms with Gasteiger partial charge in [-0.1, -0.05) is 18.2 Å². The molecule has 0 spiro atoms. The molecule has 3 rings (SSSR count). The fourth-order valence-electron chi connectivity index (χ4n) is 2.89. The van der Waals surface area contributed by atoms with E-state index in [1.807, 2.05) is 31.2 Å². The van der Waals surface area contributed by atoms with Gasteiger partial charge in [-0.25, -0.2) is 18.1 Å². The Morgan fingerprint density at radius 2 is 1.71 bits per heavy atom. The van der Waals surface area contributed by atoms with Crippen molar-refractivity contribution in [1.82, 2.24) is 14.1 Å². The van der Waals surface area contributed by atoms with Crippen molar-refractivity contribution in [1.29, 1.82) is 0 Å². The molecule has 1 aromatic heterocycles. The summed E-state index contributed by atoms with van der Waals surface area (Å²) in [5.74, 6) is 2.07. The molecule has 10 heteroatoms. The van der Waals surface area contributed by atoms with E-state index in [1.165, 1.54) is 30.8 Å². The number of para-hydroxylation sites is 1. The highest BCUT2D eigenvalue weighted by Gasteiger charge is 2.22. The molecule has 0 bridgehead atoms. The number of sulfonamides is 1. The van der Waals surface area contributed by atoms with E-state index in [0.717, 1.165) is 11.3 Å². The second-order valence-corrected chi connectivity index (χ2v) is 9.49. The Kier molecular flexibility index (Phi) is 7.47. The van der Waals surface area contributed by atoms with Crippen molar-refractivity contribution in [3.63, 3.8) is 0 Å². The number of benzene rings is 2. The van der Waals surface area contributed by atoms with Crippen molar-refractivity contribution >= 4 is 26.7 Å². The first kappa shape index (κ1) is 23.0. The topological polar surface area (TPSA) is 102 Å². The largest absolute Gasteiger partial charge is 0.497 e. The number of ether oxygens (including phenoxy) is 2. The molecule has 3 aromatic rings. The molecule has 8 nitrogen and oxygen atoms in total. The van der Waals surface area contributed by atoms with Crippen LogP contribution in [0.25, 0.3) is 0 Å². The lowest BCUT2D eigenvalue weighted by Gasteiger charge is -2.22. The van der Waals surface area contributed by atoms with Gasteiger partial charge in [0.15, 0.2) is 0 Å². The molecule has 2 unspecified atom stereocenters. The van der Waals surface area contributed by atoms with Crippen LogP contribution in [0, 0.1) is 0 Å². The third-order valence-corrected chi connectivity index (χ3v) is 7.08. The molecule has 1 heterocycles. The summed E-state index contributed by atoms with van der Waals surface area (Å²) in [6, 6.07) is 13.4. The van der Waals surface area contributed by atoms with Crippen LogP contribution < -0.4 is 19.5 Å². The molecular formula is C21H26N4O4S2. The molecule has 0 radical (unpaired) electrons. The Bertz CT molecular complexity index is 1100. The van der Waals surface area contributed by atoms with E-state index in [1.54, 1.807) is 26.2 Å². The average molecular weight is 463 g/mol. The Balaban J connectivity index is 1.61. The van der Waals surface area contributed by atoms with Crippen LogP contribution in [-0.2, 0) is 16.4 Å². The zero-order valence-electron chi connectivity index (χ0n) is 17.8. The van der Waals surface area contributed by atoms with Gasteiger partial charge in [0.05, 0.1) is 19.1 Å². The number of rotatable bonds is 10. The average Bonchev–Trinajstić information content (AvgIpc) is 3.20. The smallest absolute Gasteiger partial charge is 0.240 e. The molecular weight excluding hydrogens is 436 g/mol. The van der Waals surface area contributed by atoms with Gasteiger partial charge in [0.1, 0.15) is 17.3 Å². The highest BCUT2D eigenvalue weighted by Crippen LogP contribution is 2.22. The lowest BCUT2D eigenvalue weighted by molar-refractivity contribution is 0.410. The molecule has 166 valence electrons. The number of hydrogen-bond acceptors (Lipinski definition) is 8.